The summed E-state index contributed by atoms with van der Waals surface area (Å²) in [4.78, 5) is 21.9. The Morgan fingerprint density at radius 3 is 1.31 bits per heavy atom. The highest BCUT2D eigenvalue weighted by Crippen LogP contribution is 2.58. The molecule has 0 aromatic carbocycles. The first-order valence-corrected chi connectivity index (χ1v) is 16.3. The molecule has 4 unspecified atom stereocenters. The van der Waals surface area contributed by atoms with Crippen LogP contribution in [0.1, 0.15) is 91.9 Å². The van der Waals surface area contributed by atoms with Crippen LogP contribution in [-0.4, -0.2) is 78.0 Å². The molecule has 3 aliphatic rings. The lowest BCUT2D eigenvalue weighted by Gasteiger charge is -2.23. The summed E-state index contributed by atoms with van der Waals surface area (Å²) in [7, 11) is 0. The normalized spacial score (nSPS) is 21.4. The Morgan fingerprint density at radius 1 is 0.571 bits per heavy atom. The van der Waals surface area contributed by atoms with Crippen molar-refractivity contribution >= 4 is 11.9 Å². The van der Waals surface area contributed by atoms with Crippen molar-refractivity contribution in [1.29, 1.82) is 0 Å². The smallest absolute Gasteiger partial charge is 0.333 e. The van der Waals surface area contributed by atoms with Gasteiger partial charge in [0.15, 0.2) is 0 Å². The largest absolute Gasteiger partial charge is 0.460 e. The Labute approximate surface area is 255 Å². The van der Waals surface area contributed by atoms with Crippen LogP contribution in [0.25, 0.3) is 0 Å². The second-order valence-corrected chi connectivity index (χ2v) is 11.5. The van der Waals surface area contributed by atoms with E-state index in [4.69, 9.17) is 28.4 Å². The fraction of sp³-hybridized carbons (Fsp3) is 0.824. The predicted octanol–water partition coefficient (Wildman–Crippen LogP) is 6.71. The van der Waals surface area contributed by atoms with E-state index in [2.05, 4.69) is 13.2 Å². The van der Waals surface area contributed by atoms with E-state index < -0.39 is 0 Å². The molecule has 0 aliphatic heterocycles. The van der Waals surface area contributed by atoms with Crippen molar-refractivity contribution in [2.24, 2.45) is 23.7 Å². The molecule has 42 heavy (non-hydrogen) atoms. The zero-order valence-corrected chi connectivity index (χ0v) is 27.1. The molecular weight excluding hydrogens is 536 g/mol. The first-order chi connectivity index (χ1) is 20.3. The van der Waals surface area contributed by atoms with E-state index >= 15 is 0 Å². The van der Waals surface area contributed by atoms with Crippen LogP contribution in [0.15, 0.2) is 24.3 Å². The fourth-order valence-corrected chi connectivity index (χ4v) is 5.96. The van der Waals surface area contributed by atoms with Gasteiger partial charge < -0.3 is 28.4 Å². The summed E-state index contributed by atoms with van der Waals surface area (Å²) in [6.07, 6.45) is 13.5. The standard InChI is InChI=1S/2C12H22O4.C10H16/c2*1-4-14-7-5-6-8-15-9-10-16-12(13)11(2)3;1-2-9-7-4-5-8(6-7)10(9)3-1/h2*2,4-10H2,1,3H3;7-10H,1-6H2. The Hall–Kier alpha value is -1.74. The van der Waals surface area contributed by atoms with Crippen LogP contribution in [0, 0.1) is 23.7 Å². The minimum absolute atomic E-state index is 0.289. The minimum Gasteiger partial charge on any atom is -0.460 e. The van der Waals surface area contributed by atoms with Gasteiger partial charge in [0.1, 0.15) is 13.2 Å². The number of hydrogen-bond acceptors (Lipinski definition) is 8. The number of carbonyl (C=O) groups is 2. The monoisotopic (exact) mass is 596 g/mol. The molecule has 2 bridgehead atoms. The van der Waals surface area contributed by atoms with E-state index in [0.29, 0.717) is 37.6 Å². The lowest BCUT2D eigenvalue weighted by molar-refractivity contribution is -0.141. The molecule has 3 rings (SSSR count). The average molecular weight is 597 g/mol. The van der Waals surface area contributed by atoms with E-state index in [1.807, 2.05) is 13.8 Å². The maximum atomic E-state index is 11.0. The Morgan fingerprint density at radius 2 is 0.952 bits per heavy atom. The molecule has 3 aliphatic carbocycles. The average Bonchev–Trinajstić information content (AvgIpc) is 3.72. The predicted molar refractivity (Wildman–Crippen MR) is 166 cm³/mol. The number of rotatable bonds is 20. The van der Waals surface area contributed by atoms with Crippen LogP contribution < -0.4 is 0 Å². The second kappa shape index (κ2) is 24.7. The second-order valence-electron chi connectivity index (χ2n) is 11.5. The van der Waals surface area contributed by atoms with E-state index in [0.717, 1.165) is 52.1 Å². The third-order valence-electron chi connectivity index (χ3n) is 8.03. The summed E-state index contributed by atoms with van der Waals surface area (Å²) in [6, 6.07) is 0. The van der Waals surface area contributed by atoms with E-state index in [1.54, 1.807) is 52.4 Å². The van der Waals surface area contributed by atoms with Crippen molar-refractivity contribution in [2.75, 3.05) is 66.1 Å². The van der Waals surface area contributed by atoms with Crippen molar-refractivity contribution < 1.29 is 38.0 Å². The van der Waals surface area contributed by atoms with E-state index in [9.17, 15) is 9.59 Å². The summed E-state index contributed by atoms with van der Waals surface area (Å²) >= 11 is 0. The minimum atomic E-state index is -0.361. The van der Waals surface area contributed by atoms with Gasteiger partial charge in [0.2, 0.25) is 0 Å². The molecule has 0 spiro atoms. The maximum absolute atomic E-state index is 11.0. The highest BCUT2D eigenvalue weighted by Gasteiger charge is 2.48. The van der Waals surface area contributed by atoms with Crippen LogP contribution in [0.5, 0.6) is 0 Å². The van der Waals surface area contributed by atoms with Crippen molar-refractivity contribution in [3.63, 3.8) is 0 Å². The zero-order valence-electron chi connectivity index (χ0n) is 27.1. The van der Waals surface area contributed by atoms with Crippen LogP contribution in [-0.2, 0) is 38.0 Å². The van der Waals surface area contributed by atoms with E-state index in [-0.39, 0.29) is 25.2 Å². The Bertz CT molecular complexity index is 692. The summed E-state index contributed by atoms with van der Waals surface area (Å²) < 4.78 is 30.7. The van der Waals surface area contributed by atoms with Gasteiger partial charge in [0.25, 0.3) is 0 Å². The molecule has 8 nitrogen and oxygen atoms in total. The van der Waals surface area contributed by atoms with Gasteiger partial charge in [-0.2, -0.15) is 0 Å². The van der Waals surface area contributed by atoms with Gasteiger partial charge in [-0.05, 0) is 109 Å². The summed E-state index contributed by atoms with van der Waals surface area (Å²) in [5, 5.41) is 0. The van der Waals surface area contributed by atoms with Gasteiger partial charge in [-0.15, -0.1) is 0 Å². The Balaban J connectivity index is 0.000000321. The number of unbranched alkanes of at least 4 members (excludes halogenated alkanes) is 2. The van der Waals surface area contributed by atoms with Gasteiger partial charge in [-0.3, -0.25) is 0 Å². The lowest BCUT2D eigenvalue weighted by Crippen LogP contribution is -2.15. The van der Waals surface area contributed by atoms with Crippen LogP contribution in [0.4, 0.5) is 0 Å². The fourth-order valence-electron chi connectivity index (χ4n) is 5.96. The van der Waals surface area contributed by atoms with Crippen molar-refractivity contribution in [2.45, 2.75) is 91.9 Å². The third kappa shape index (κ3) is 17.4. The number of hydrogen-bond donors (Lipinski definition) is 0. The maximum Gasteiger partial charge on any atom is 0.333 e. The number of fused-ring (bicyclic) bond motifs is 5. The van der Waals surface area contributed by atoms with Crippen LogP contribution >= 0.6 is 0 Å². The van der Waals surface area contributed by atoms with Crippen LogP contribution in [0.2, 0.25) is 0 Å². The molecular formula is C34H60O8. The molecule has 0 radical (unpaired) electrons. The molecule has 0 aromatic heterocycles. The zero-order chi connectivity index (χ0) is 31.0. The molecule has 0 N–H and O–H groups in total. The molecule has 8 heteroatoms. The van der Waals surface area contributed by atoms with Gasteiger partial charge >= 0.3 is 11.9 Å². The van der Waals surface area contributed by atoms with Gasteiger partial charge in [-0.1, -0.05) is 19.6 Å². The topological polar surface area (TPSA) is 89.5 Å². The van der Waals surface area contributed by atoms with Gasteiger partial charge in [0.05, 0.1) is 13.2 Å². The van der Waals surface area contributed by atoms with E-state index in [1.165, 1.54) is 23.7 Å². The molecule has 0 saturated heterocycles. The van der Waals surface area contributed by atoms with Gasteiger partial charge in [0, 0.05) is 50.8 Å². The molecule has 0 aromatic rings. The molecule has 0 amide bonds. The SMILES string of the molecule is C1CC2C3CCC(C3)C2C1.C=C(C)C(=O)OCCOCCCCOCC.C=C(C)C(=O)OCCOCCCCOCC. The van der Waals surface area contributed by atoms with Gasteiger partial charge in [-0.25, -0.2) is 9.59 Å². The number of carbonyl (C=O) groups excluding carboxylic acids is 2. The lowest BCUT2D eigenvalue weighted by atomic mass is 9.82. The number of ether oxygens (including phenoxy) is 6. The molecule has 4 atom stereocenters. The first-order valence-electron chi connectivity index (χ1n) is 16.3. The summed E-state index contributed by atoms with van der Waals surface area (Å²) in [5.74, 6) is 4.08. The summed E-state index contributed by atoms with van der Waals surface area (Å²) in [5.41, 5.74) is 0.827. The highest BCUT2D eigenvalue weighted by molar-refractivity contribution is 5.87. The highest BCUT2D eigenvalue weighted by atomic mass is 16.6. The molecule has 244 valence electrons. The molecule has 0 heterocycles. The van der Waals surface area contributed by atoms with Crippen molar-refractivity contribution in [3.8, 4) is 0 Å². The van der Waals surface area contributed by atoms with Crippen molar-refractivity contribution in [1.82, 2.24) is 0 Å². The van der Waals surface area contributed by atoms with Crippen molar-refractivity contribution in [3.05, 3.63) is 24.3 Å². The molecule has 3 saturated carbocycles. The summed E-state index contributed by atoms with van der Waals surface area (Å²) in [6.45, 7) is 20.1. The first kappa shape index (κ1) is 38.3. The third-order valence-corrected chi connectivity index (χ3v) is 8.03. The van der Waals surface area contributed by atoms with Crippen LogP contribution in [0.3, 0.4) is 0 Å². The quantitative estimate of drug-likeness (QED) is 0.0870. The number of esters is 2. The molecule has 3 fully saturated rings. The Kier molecular flexibility index (Phi) is 22.5.